The maximum Gasteiger partial charge on any atom is 0.334 e. The van der Waals surface area contributed by atoms with E-state index in [1.165, 1.54) is 15.3 Å². The summed E-state index contributed by atoms with van der Waals surface area (Å²) < 4.78 is 8.03. The largest absolute Gasteiger partial charge is 0.379 e. The van der Waals surface area contributed by atoms with Gasteiger partial charge in [-0.1, -0.05) is 11.2 Å². The molecule has 4 rings (SSSR count). The maximum atomic E-state index is 12.8. The third kappa shape index (κ3) is 2.59. The summed E-state index contributed by atoms with van der Waals surface area (Å²) in [6, 6.07) is 8.54. The van der Waals surface area contributed by atoms with Crippen LogP contribution in [-0.2, 0) is 12.6 Å². The molecule has 0 unspecified atom stereocenters. The van der Waals surface area contributed by atoms with E-state index >= 15 is 0 Å². The number of anilines is 1. The zero-order chi connectivity index (χ0) is 19.3. The van der Waals surface area contributed by atoms with E-state index in [1.54, 1.807) is 51.2 Å². The second-order valence-electron chi connectivity index (χ2n) is 6.55. The number of hydrogen-bond acceptors (Lipinski definition) is 7. The Labute approximate surface area is 153 Å². The minimum atomic E-state index is -1.40. The number of benzene rings is 1. The molecule has 4 aromatic rings. The number of aromatic nitrogens is 5. The molecule has 1 aromatic carbocycles. The van der Waals surface area contributed by atoms with Gasteiger partial charge >= 0.3 is 5.69 Å². The highest BCUT2D eigenvalue weighted by Gasteiger charge is 2.30. The minimum Gasteiger partial charge on any atom is -0.379 e. The van der Waals surface area contributed by atoms with Crippen LogP contribution in [0.3, 0.4) is 0 Å². The van der Waals surface area contributed by atoms with Crippen LogP contribution in [0.5, 0.6) is 0 Å². The molecule has 138 valence electrons. The van der Waals surface area contributed by atoms with Gasteiger partial charge in [0.05, 0.1) is 11.0 Å². The number of nitrogen functional groups attached to an aromatic ring is 1. The number of nitrogens with two attached hydrogens (primary N) is 1. The zero-order valence-corrected chi connectivity index (χ0v) is 15.0. The second-order valence-corrected chi connectivity index (χ2v) is 6.55. The van der Waals surface area contributed by atoms with Crippen molar-refractivity contribution in [3.63, 3.8) is 0 Å². The van der Waals surface area contributed by atoms with Crippen LogP contribution < -0.4 is 11.4 Å². The Morgan fingerprint density at radius 3 is 2.67 bits per heavy atom. The molecule has 0 aliphatic heterocycles. The number of imidazole rings is 1. The molecule has 0 spiro atoms. The second kappa shape index (κ2) is 5.78. The molecule has 0 aliphatic rings. The Balaban J connectivity index is 1.97. The van der Waals surface area contributed by atoms with E-state index in [0.29, 0.717) is 33.9 Å². The quantitative estimate of drug-likeness (QED) is 0.559. The van der Waals surface area contributed by atoms with Gasteiger partial charge in [0, 0.05) is 25.4 Å². The van der Waals surface area contributed by atoms with Crippen molar-refractivity contribution in [1.82, 2.24) is 24.3 Å². The molecule has 3 heterocycles. The number of aryl methyl sites for hydroxylation is 2. The Morgan fingerprint density at radius 2 is 2.00 bits per heavy atom. The van der Waals surface area contributed by atoms with Crippen LogP contribution >= 0.6 is 0 Å². The van der Waals surface area contributed by atoms with E-state index < -0.39 is 5.60 Å². The van der Waals surface area contributed by atoms with E-state index in [-0.39, 0.29) is 11.6 Å². The number of fused-ring (bicyclic) bond motifs is 1. The van der Waals surface area contributed by atoms with E-state index in [1.807, 2.05) is 0 Å². The van der Waals surface area contributed by atoms with Crippen LogP contribution in [0.2, 0.25) is 0 Å². The molecule has 1 atom stereocenters. The third-order valence-electron chi connectivity index (χ3n) is 4.63. The fraction of sp³-hybridized carbons (Fsp3) is 0.222. The van der Waals surface area contributed by atoms with Crippen molar-refractivity contribution in [2.75, 3.05) is 5.73 Å². The molecule has 9 nitrogen and oxygen atoms in total. The van der Waals surface area contributed by atoms with Crippen molar-refractivity contribution in [1.29, 1.82) is 0 Å². The molecule has 0 bridgehead atoms. The Bertz CT molecular complexity index is 1220. The molecule has 3 aromatic heterocycles. The highest BCUT2D eigenvalue weighted by molar-refractivity contribution is 5.79. The molecule has 9 heteroatoms. The predicted octanol–water partition coefficient (Wildman–Crippen LogP) is 1.25. The summed E-state index contributed by atoms with van der Waals surface area (Å²) in [4.78, 5) is 20.8. The number of aliphatic hydroxyl groups is 1. The SMILES string of the molecule is Cc1cc([C@](C)(O)c2ccc3c(c2)n(-c2ccnc(N)n2)c(=O)n3C)no1. The lowest BCUT2D eigenvalue weighted by atomic mass is 9.92. The average molecular weight is 366 g/mol. The fourth-order valence-electron chi connectivity index (χ4n) is 3.10. The van der Waals surface area contributed by atoms with Crippen molar-refractivity contribution in [2.45, 2.75) is 19.4 Å². The smallest absolute Gasteiger partial charge is 0.334 e. The van der Waals surface area contributed by atoms with Crippen molar-refractivity contribution < 1.29 is 9.63 Å². The summed E-state index contributed by atoms with van der Waals surface area (Å²) in [7, 11) is 1.67. The van der Waals surface area contributed by atoms with Crippen LogP contribution in [0.15, 0.2) is 45.8 Å². The molecule has 0 saturated carbocycles. The van der Waals surface area contributed by atoms with Gasteiger partial charge in [-0.25, -0.2) is 14.3 Å². The lowest BCUT2D eigenvalue weighted by molar-refractivity contribution is 0.0933. The van der Waals surface area contributed by atoms with Gasteiger partial charge in [0.2, 0.25) is 5.95 Å². The predicted molar refractivity (Wildman–Crippen MR) is 98.4 cm³/mol. The summed E-state index contributed by atoms with van der Waals surface area (Å²) in [5.74, 6) is 1.02. The molecular formula is C18H18N6O3. The fourth-order valence-corrected chi connectivity index (χ4v) is 3.10. The Morgan fingerprint density at radius 1 is 1.22 bits per heavy atom. The summed E-state index contributed by atoms with van der Waals surface area (Å²) in [5.41, 5.74) is 6.21. The normalized spacial score (nSPS) is 13.8. The van der Waals surface area contributed by atoms with Gasteiger partial charge in [-0.15, -0.1) is 0 Å². The molecule has 27 heavy (non-hydrogen) atoms. The van der Waals surface area contributed by atoms with E-state index in [4.69, 9.17) is 10.3 Å². The van der Waals surface area contributed by atoms with Crippen LogP contribution in [0.1, 0.15) is 23.9 Å². The summed E-state index contributed by atoms with van der Waals surface area (Å²) in [6.07, 6.45) is 1.49. The molecule has 0 amide bonds. The Hall–Kier alpha value is -3.46. The maximum absolute atomic E-state index is 12.8. The summed E-state index contributed by atoms with van der Waals surface area (Å²) >= 11 is 0. The summed E-state index contributed by atoms with van der Waals surface area (Å²) in [5, 5.41) is 15.0. The third-order valence-corrected chi connectivity index (χ3v) is 4.63. The monoisotopic (exact) mass is 366 g/mol. The first-order chi connectivity index (χ1) is 12.8. The number of rotatable bonds is 3. The highest BCUT2D eigenvalue weighted by Crippen LogP contribution is 2.31. The average Bonchev–Trinajstić information content (AvgIpc) is 3.17. The first-order valence-electron chi connectivity index (χ1n) is 8.26. The van der Waals surface area contributed by atoms with Gasteiger partial charge in [-0.3, -0.25) is 4.57 Å². The van der Waals surface area contributed by atoms with Gasteiger partial charge in [0.25, 0.3) is 0 Å². The van der Waals surface area contributed by atoms with Crippen molar-refractivity contribution >= 4 is 17.0 Å². The molecular weight excluding hydrogens is 348 g/mol. The minimum absolute atomic E-state index is 0.0672. The van der Waals surface area contributed by atoms with Gasteiger partial charge < -0.3 is 15.4 Å². The topological polar surface area (TPSA) is 125 Å². The summed E-state index contributed by atoms with van der Waals surface area (Å²) in [6.45, 7) is 3.38. The van der Waals surface area contributed by atoms with Crippen LogP contribution in [0.4, 0.5) is 5.95 Å². The first-order valence-corrected chi connectivity index (χ1v) is 8.26. The lowest BCUT2D eigenvalue weighted by Crippen LogP contribution is -2.23. The molecule has 0 radical (unpaired) electrons. The molecule has 0 aliphatic carbocycles. The van der Waals surface area contributed by atoms with Crippen LogP contribution in [0.25, 0.3) is 16.9 Å². The van der Waals surface area contributed by atoms with Crippen molar-refractivity contribution in [3.05, 3.63) is 64.0 Å². The Kier molecular flexibility index (Phi) is 3.63. The van der Waals surface area contributed by atoms with E-state index in [2.05, 4.69) is 15.1 Å². The molecule has 3 N–H and O–H groups in total. The van der Waals surface area contributed by atoms with E-state index in [0.717, 1.165) is 0 Å². The van der Waals surface area contributed by atoms with Gasteiger partial charge in [-0.2, -0.15) is 4.98 Å². The van der Waals surface area contributed by atoms with Crippen molar-refractivity contribution in [2.24, 2.45) is 7.05 Å². The molecule has 0 fully saturated rings. The number of hydrogen-bond donors (Lipinski definition) is 2. The van der Waals surface area contributed by atoms with Gasteiger partial charge in [0.15, 0.2) is 0 Å². The molecule has 0 saturated heterocycles. The van der Waals surface area contributed by atoms with Crippen molar-refractivity contribution in [3.8, 4) is 5.82 Å². The zero-order valence-electron chi connectivity index (χ0n) is 15.0. The highest BCUT2D eigenvalue weighted by atomic mass is 16.5. The first kappa shape index (κ1) is 17.0. The van der Waals surface area contributed by atoms with Crippen LogP contribution in [0, 0.1) is 6.92 Å². The van der Waals surface area contributed by atoms with Gasteiger partial charge in [-0.05, 0) is 31.5 Å². The number of nitrogens with zero attached hydrogens (tertiary/aromatic N) is 5. The van der Waals surface area contributed by atoms with E-state index in [9.17, 15) is 9.90 Å². The lowest BCUT2D eigenvalue weighted by Gasteiger charge is -2.21. The van der Waals surface area contributed by atoms with Crippen LogP contribution in [-0.4, -0.2) is 29.4 Å². The van der Waals surface area contributed by atoms with Gasteiger partial charge in [0.1, 0.15) is 22.9 Å². The standard InChI is InChI=1S/C18H18N6O3/c1-10-8-14(22-27-10)18(2,26)11-4-5-12-13(9-11)24(17(25)23(12)3)15-6-7-20-16(19)21-15/h4-9,26H,1-3H3,(H2,19,20,21)/t18-/m1/s1.